The van der Waals surface area contributed by atoms with Gasteiger partial charge in [0.15, 0.2) is 0 Å². The molecule has 1 unspecified atom stereocenters. The first-order valence-corrected chi connectivity index (χ1v) is 10.8. The number of alkyl halides is 2. The molecule has 11 heteroatoms. The third-order valence-electron chi connectivity index (χ3n) is 5.78. The molecular weight excluding hydrogens is 454 g/mol. The number of para-hydroxylation sites is 1. The molecule has 4 N–H and O–H groups in total. The number of nitrogen functional groups attached to an aromatic ring is 1. The first-order valence-electron chi connectivity index (χ1n) is 10.8. The van der Waals surface area contributed by atoms with E-state index in [1.807, 2.05) is 43.3 Å². The molecule has 5 rings (SSSR count). The lowest BCUT2D eigenvalue weighted by Gasteiger charge is -2.38. The number of nitrogens with two attached hydrogens (primary N) is 1. The Bertz CT molecular complexity index is 1380. The first kappa shape index (κ1) is 22.3. The fourth-order valence-electron chi connectivity index (χ4n) is 4.13. The highest BCUT2D eigenvalue weighted by Gasteiger charge is 2.34. The van der Waals surface area contributed by atoms with Gasteiger partial charge in [0.25, 0.3) is 12.3 Å². The van der Waals surface area contributed by atoms with E-state index in [0.717, 1.165) is 17.4 Å². The molecule has 1 aliphatic heterocycles. The van der Waals surface area contributed by atoms with Crippen LogP contribution in [-0.2, 0) is 0 Å². The van der Waals surface area contributed by atoms with Crippen LogP contribution >= 0.6 is 0 Å². The highest BCUT2D eigenvalue weighted by molar-refractivity contribution is 6.07. The van der Waals surface area contributed by atoms with Crippen LogP contribution in [0.5, 0.6) is 0 Å². The number of aromatic nitrogens is 4. The minimum atomic E-state index is -2.68. The van der Waals surface area contributed by atoms with E-state index in [1.165, 1.54) is 18.6 Å². The summed E-state index contributed by atoms with van der Waals surface area (Å²) in [6.07, 6.45) is 2.44. The van der Waals surface area contributed by atoms with Crippen LogP contribution in [0.25, 0.3) is 11.1 Å². The van der Waals surface area contributed by atoms with Gasteiger partial charge in [0.1, 0.15) is 29.8 Å². The molecule has 1 atom stereocenters. The topological polar surface area (TPSA) is 114 Å². The Morgan fingerprint density at radius 3 is 2.74 bits per heavy atom. The molecule has 1 aliphatic rings. The Hall–Kier alpha value is -4.54. The zero-order chi connectivity index (χ0) is 24.5. The third kappa shape index (κ3) is 4.12. The maximum absolute atomic E-state index is 13.5. The summed E-state index contributed by atoms with van der Waals surface area (Å²) >= 11 is 0. The molecule has 9 nitrogen and oxygen atoms in total. The number of hydrogen-bond donors (Lipinski definition) is 3. The molecule has 1 amide bonds. The second-order valence-corrected chi connectivity index (χ2v) is 8.04. The molecule has 1 aromatic carbocycles. The number of fused-ring (bicyclic) bond motifs is 1. The molecule has 4 heterocycles. The Balaban J connectivity index is 1.49. The van der Waals surface area contributed by atoms with Gasteiger partial charge in [-0.15, -0.1) is 0 Å². The summed E-state index contributed by atoms with van der Waals surface area (Å²) in [5, 5.41) is 3.21. The predicted molar refractivity (Wildman–Crippen MR) is 129 cm³/mol. The fraction of sp³-hybridized carbons (Fsp3) is 0.167. The third-order valence-corrected chi connectivity index (χ3v) is 5.78. The number of hydrogen-bond acceptors (Lipinski definition) is 7. The van der Waals surface area contributed by atoms with E-state index in [2.05, 4.69) is 25.7 Å². The second kappa shape index (κ2) is 9.01. The Labute approximate surface area is 199 Å². The lowest BCUT2D eigenvalue weighted by Crippen LogP contribution is -2.56. The zero-order valence-corrected chi connectivity index (χ0v) is 18.7. The molecule has 0 radical (unpaired) electrons. The number of rotatable bonds is 6. The first-order chi connectivity index (χ1) is 16.9. The maximum Gasteiger partial charge on any atom is 0.278 e. The highest BCUT2D eigenvalue weighted by Crippen LogP contribution is 2.33. The van der Waals surface area contributed by atoms with Crippen molar-refractivity contribution in [1.82, 2.24) is 19.6 Å². The quantitative estimate of drug-likeness (QED) is 0.388. The summed E-state index contributed by atoms with van der Waals surface area (Å²) in [6.45, 7) is 2.10. The average Bonchev–Trinajstić information content (AvgIpc) is 3.24. The van der Waals surface area contributed by atoms with Gasteiger partial charge in [-0.25, -0.2) is 18.7 Å². The number of carbonyl (C=O) groups excluding carboxylic acids is 1. The number of amides is 1. The van der Waals surface area contributed by atoms with E-state index in [0.29, 0.717) is 22.6 Å². The summed E-state index contributed by atoms with van der Waals surface area (Å²) in [4.78, 5) is 27.4. The van der Waals surface area contributed by atoms with Crippen LogP contribution in [0.4, 0.5) is 26.1 Å². The lowest BCUT2D eigenvalue weighted by molar-refractivity contribution is 0.0959. The van der Waals surface area contributed by atoms with Crippen LogP contribution in [0.1, 0.15) is 28.0 Å². The van der Waals surface area contributed by atoms with Crippen LogP contribution in [-0.4, -0.2) is 38.2 Å². The number of anilines is 3. The van der Waals surface area contributed by atoms with E-state index in [-0.39, 0.29) is 23.8 Å². The summed E-state index contributed by atoms with van der Waals surface area (Å²) < 4.78 is 28.2. The van der Waals surface area contributed by atoms with Crippen LogP contribution in [0.3, 0.4) is 0 Å². The van der Waals surface area contributed by atoms with E-state index < -0.39 is 12.6 Å². The average molecular weight is 476 g/mol. The van der Waals surface area contributed by atoms with Crippen molar-refractivity contribution >= 4 is 23.2 Å². The van der Waals surface area contributed by atoms with Crippen LogP contribution < -0.4 is 21.4 Å². The number of nitrogens with zero attached hydrogens (tertiary/aromatic N) is 5. The van der Waals surface area contributed by atoms with Gasteiger partial charge >= 0.3 is 0 Å². The standard InChI is InChI=1S/C24H22F2N8O/c1-14-7-8-33-20(14)24(35)34(17-5-3-2-4-6-17)18(32-33)12-29-23-19(22(27)30-13-31-23)15-9-16(21(25)26)11-28-10-15/h2-11,13,18,21,32H,12H2,1H3,(H3,27,29,30,31). The van der Waals surface area contributed by atoms with Gasteiger partial charge < -0.3 is 16.5 Å². The lowest BCUT2D eigenvalue weighted by atomic mass is 10.1. The number of benzene rings is 1. The molecule has 0 fully saturated rings. The number of nitrogens with one attached hydrogen (secondary N) is 2. The molecule has 0 saturated heterocycles. The van der Waals surface area contributed by atoms with E-state index in [9.17, 15) is 13.6 Å². The number of pyridine rings is 1. The monoisotopic (exact) mass is 476 g/mol. The molecule has 0 saturated carbocycles. The van der Waals surface area contributed by atoms with Gasteiger partial charge in [-0.05, 0) is 36.8 Å². The highest BCUT2D eigenvalue weighted by atomic mass is 19.3. The van der Waals surface area contributed by atoms with Gasteiger partial charge in [-0.3, -0.25) is 19.4 Å². The van der Waals surface area contributed by atoms with Gasteiger partial charge in [0.05, 0.1) is 12.1 Å². The molecule has 35 heavy (non-hydrogen) atoms. The Morgan fingerprint density at radius 1 is 1.17 bits per heavy atom. The van der Waals surface area contributed by atoms with E-state index in [4.69, 9.17) is 5.73 Å². The van der Waals surface area contributed by atoms with Crippen molar-refractivity contribution < 1.29 is 13.6 Å². The van der Waals surface area contributed by atoms with Gasteiger partial charge in [-0.2, -0.15) is 0 Å². The van der Waals surface area contributed by atoms with Crippen molar-refractivity contribution in [2.75, 3.05) is 27.9 Å². The largest absolute Gasteiger partial charge is 0.383 e. The summed E-state index contributed by atoms with van der Waals surface area (Å²) in [7, 11) is 0. The Kier molecular flexibility index (Phi) is 5.73. The number of aryl methyl sites for hydroxylation is 1. The molecule has 3 aromatic heterocycles. The van der Waals surface area contributed by atoms with Crippen LogP contribution in [0.2, 0.25) is 0 Å². The van der Waals surface area contributed by atoms with Crippen molar-refractivity contribution in [3.63, 3.8) is 0 Å². The SMILES string of the molecule is Cc1ccn2c1C(=O)N(c1ccccc1)C(CNc1ncnc(N)c1-c1cncc(C(F)F)c1)N2. The predicted octanol–water partition coefficient (Wildman–Crippen LogP) is 3.81. The summed E-state index contributed by atoms with van der Waals surface area (Å²) in [5.74, 6) is 0.301. The van der Waals surface area contributed by atoms with Crippen molar-refractivity contribution in [2.45, 2.75) is 19.5 Å². The number of halogens is 2. The minimum absolute atomic E-state index is 0.117. The van der Waals surface area contributed by atoms with Crippen molar-refractivity contribution in [2.24, 2.45) is 0 Å². The Morgan fingerprint density at radius 2 is 1.97 bits per heavy atom. The second-order valence-electron chi connectivity index (χ2n) is 8.04. The smallest absolute Gasteiger partial charge is 0.278 e. The van der Waals surface area contributed by atoms with E-state index >= 15 is 0 Å². The molecule has 4 aromatic rings. The normalized spacial score (nSPS) is 15.1. The van der Waals surface area contributed by atoms with Gasteiger partial charge in [-0.1, -0.05) is 18.2 Å². The molecule has 178 valence electrons. The molecule has 0 aliphatic carbocycles. The van der Waals surface area contributed by atoms with Crippen molar-refractivity contribution in [1.29, 1.82) is 0 Å². The summed E-state index contributed by atoms with van der Waals surface area (Å²) in [5.41, 5.74) is 12.0. The van der Waals surface area contributed by atoms with Crippen molar-refractivity contribution in [3.05, 3.63) is 84.2 Å². The van der Waals surface area contributed by atoms with Crippen LogP contribution in [0, 0.1) is 6.92 Å². The van der Waals surface area contributed by atoms with Crippen LogP contribution in [0.15, 0.2) is 67.4 Å². The van der Waals surface area contributed by atoms with Gasteiger partial charge in [0.2, 0.25) is 0 Å². The molecule has 0 bridgehead atoms. The number of carbonyl (C=O) groups is 1. The fourth-order valence-corrected chi connectivity index (χ4v) is 4.13. The molecular formula is C24H22F2N8O. The van der Waals surface area contributed by atoms with Crippen molar-refractivity contribution in [3.8, 4) is 11.1 Å². The van der Waals surface area contributed by atoms with Gasteiger partial charge in [0, 0.05) is 35.4 Å². The summed E-state index contributed by atoms with van der Waals surface area (Å²) in [6, 6.07) is 12.5. The maximum atomic E-state index is 13.5. The molecule has 0 spiro atoms. The minimum Gasteiger partial charge on any atom is -0.383 e. The zero-order valence-electron chi connectivity index (χ0n) is 18.7. The van der Waals surface area contributed by atoms with E-state index in [1.54, 1.807) is 15.8 Å².